The molecule has 1 aromatic heterocycles. The molecule has 9 heteroatoms. The second kappa shape index (κ2) is 12.7. The summed E-state index contributed by atoms with van der Waals surface area (Å²) in [5.74, 6) is 2.53. The first kappa shape index (κ1) is 25.9. The second-order valence-corrected chi connectivity index (χ2v) is 9.12. The number of aromatic nitrogens is 3. The highest BCUT2D eigenvalue weighted by molar-refractivity contribution is 7.99. The number of ether oxygens (including phenoxy) is 3. The molecule has 1 N–H and O–H groups in total. The minimum absolute atomic E-state index is 0.359. The Bertz CT molecular complexity index is 1000. The van der Waals surface area contributed by atoms with Crippen molar-refractivity contribution in [2.45, 2.75) is 71.5 Å². The number of esters is 1. The average Bonchev–Trinajstić information content (AvgIpc) is 3.23. The van der Waals surface area contributed by atoms with Gasteiger partial charge in [-0.1, -0.05) is 45.0 Å². The number of carbonyl (C=O) groups excluding carboxylic acids is 1. The molecule has 186 valence electrons. The van der Waals surface area contributed by atoms with Gasteiger partial charge in [-0.2, -0.15) is 4.98 Å². The molecule has 1 aliphatic heterocycles. The van der Waals surface area contributed by atoms with Gasteiger partial charge in [0.1, 0.15) is 6.04 Å². The zero-order valence-electron chi connectivity index (χ0n) is 20.8. The van der Waals surface area contributed by atoms with Crippen LogP contribution in [0.3, 0.4) is 0 Å². The number of carbonyl (C=O) groups is 1. The normalized spacial score (nSPS) is 15.0. The number of unbranched alkanes of at least 4 members (excludes halogenated alkanes) is 1. The lowest BCUT2D eigenvalue weighted by atomic mass is 9.95. The van der Waals surface area contributed by atoms with Crippen molar-refractivity contribution < 1.29 is 19.0 Å². The zero-order chi connectivity index (χ0) is 24.5. The van der Waals surface area contributed by atoms with E-state index in [4.69, 9.17) is 19.3 Å². The van der Waals surface area contributed by atoms with E-state index in [-0.39, 0.29) is 5.97 Å². The lowest BCUT2D eigenvalue weighted by molar-refractivity contribution is -0.139. The molecule has 0 spiro atoms. The Kier molecular flexibility index (Phi) is 9.68. The number of thioether (sulfide) groups is 1. The van der Waals surface area contributed by atoms with E-state index in [1.165, 1.54) is 0 Å². The number of nitrogens with one attached hydrogen (secondary N) is 1. The molecule has 0 radical (unpaired) electrons. The molecular formula is C25H36N4O4S. The van der Waals surface area contributed by atoms with Gasteiger partial charge < -0.3 is 19.5 Å². The summed E-state index contributed by atoms with van der Waals surface area (Å²) in [4.78, 5) is 17.8. The maximum absolute atomic E-state index is 13.2. The summed E-state index contributed by atoms with van der Waals surface area (Å²) in [6.45, 7) is 11.5. The van der Waals surface area contributed by atoms with Gasteiger partial charge in [0.05, 0.1) is 25.4 Å². The minimum Gasteiger partial charge on any atom is -0.490 e. The van der Waals surface area contributed by atoms with E-state index in [9.17, 15) is 4.79 Å². The van der Waals surface area contributed by atoms with Crippen LogP contribution in [0, 0.1) is 0 Å². The Balaban J connectivity index is 2.06. The summed E-state index contributed by atoms with van der Waals surface area (Å²) in [5, 5.41) is 8.71. The summed E-state index contributed by atoms with van der Waals surface area (Å²) < 4.78 is 19.1. The third kappa shape index (κ3) is 6.05. The van der Waals surface area contributed by atoms with Crippen molar-refractivity contribution >= 4 is 23.7 Å². The number of allylic oxidation sites excluding steroid dienone is 1. The van der Waals surface area contributed by atoms with Gasteiger partial charge >= 0.3 is 5.97 Å². The van der Waals surface area contributed by atoms with Crippen LogP contribution in [-0.4, -0.2) is 46.3 Å². The van der Waals surface area contributed by atoms with Gasteiger partial charge in [-0.15, -0.1) is 5.10 Å². The first-order chi connectivity index (χ1) is 16.5. The van der Waals surface area contributed by atoms with E-state index in [1.54, 1.807) is 16.4 Å². The highest BCUT2D eigenvalue weighted by Gasteiger charge is 2.35. The van der Waals surface area contributed by atoms with Crippen molar-refractivity contribution in [2.75, 3.05) is 30.9 Å². The molecule has 1 aromatic carbocycles. The number of hydrogen-bond acceptors (Lipinski definition) is 8. The summed E-state index contributed by atoms with van der Waals surface area (Å²) in [7, 11) is 0. The van der Waals surface area contributed by atoms with E-state index >= 15 is 0 Å². The lowest BCUT2D eigenvalue weighted by Crippen LogP contribution is -2.29. The minimum atomic E-state index is -0.493. The monoisotopic (exact) mass is 488 g/mol. The number of benzene rings is 1. The SMILES string of the molecule is CCCCSc1nc2n(n1)C(c1ccc(OCCC)c(OCC)c1)C(C(=O)OCCC)=C(C)N2. The molecule has 0 bridgehead atoms. The first-order valence-electron chi connectivity index (χ1n) is 12.2. The molecular weight excluding hydrogens is 452 g/mol. The van der Waals surface area contributed by atoms with Gasteiger partial charge in [0.15, 0.2) is 11.5 Å². The van der Waals surface area contributed by atoms with Crippen LogP contribution in [0.1, 0.15) is 71.9 Å². The fourth-order valence-corrected chi connectivity index (χ4v) is 4.55. The predicted octanol–water partition coefficient (Wildman–Crippen LogP) is 5.60. The standard InChI is InChI=1S/C25H36N4O4S/c1-6-10-15-34-25-27-24-26-17(5)21(23(30)33-14-8-3)22(29(24)28-25)18-11-12-19(32-13-7-2)20(16-18)31-9-4/h11-12,16,22H,6-10,13-15H2,1-5H3,(H,26,27,28). The quantitative estimate of drug-likeness (QED) is 0.221. The van der Waals surface area contributed by atoms with Crippen LogP contribution in [0.15, 0.2) is 34.6 Å². The maximum atomic E-state index is 13.2. The second-order valence-electron chi connectivity index (χ2n) is 8.05. The van der Waals surface area contributed by atoms with Crippen LogP contribution in [0.2, 0.25) is 0 Å². The summed E-state index contributed by atoms with van der Waals surface area (Å²) >= 11 is 1.62. The molecule has 2 aromatic rings. The van der Waals surface area contributed by atoms with Crippen molar-refractivity contribution in [3.8, 4) is 11.5 Å². The molecule has 0 amide bonds. The van der Waals surface area contributed by atoms with Crippen LogP contribution in [0.25, 0.3) is 0 Å². The first-order valence-corrected chi connectivity index (χ1v) is 13.2. The Labute approximate surface area is 206 Å². The van der Waals surface area contributed by atoms with Gasteiger partial charge in [0, 0.05) is 11.4 Å². The number of rotatable bonds is 13. The highest BCUT2D eigenvalue weighted by Crippen LogP contribution is 2.40. The van der Waals surface area contributed by atoms with Crippen molar-refractivity contribution in [2.24, 2.45) is 0 Å². The predicted molar refractivity (Wildman–Crippen MR) is 135 cm³/mol. The molecule has 1 atom stereocenters. The number of fused-ring (bicyclic) bond motifs is 1. The Morgan fingerprint density at radius 3 is 2.59 bits per heavy atom. The third-order valence-corrected chi connectivity index (χ3v) is 6.19. The van der Waals surface area contributed by atoms with Gasteiger partial charge in [0.25, 0.3) is 0 Å². The zero-order valence-corrected chi connectivity index (χ0v) is 21.7. The fourth-order valence-electron chi connectivity index (χ4n) is 3.64. The Morgan fingerprint density at radius 1 is 1.09 bits per heavy atom. The molecule has 34 heavy (non-hydrogen) atoms. The molecule has 0 fully saturated rings. The molecule has 3 rings (SSSR count). The molecule has 1 unspecified atom stereocenters. The van der Waals surface area contributed by atoms with E-state index in [0.717, 1.165) is 37.0 Å². The number of anilines is 1. The van der Waals surface area contributed by atoms with E-state index in [2.05, 4.69) is 24.1 Å². The smallest absolute Gasteiger partial charge is 0.338 e. The largest absolute Gasteiger partial charge is 0.490 e. The van der Waals surface area contributed by atoms with E-state index < -0.39 is 6.04 Å². The summed E-state index contributed by atoms with van der Waals surface area (Å²) in [6.07, 6.45) is 3.86. The average molecular weight is 489 g/mol. The van der Waals surface area contributed by atoms with Crippen LogP contribution < -0.4 is 14.8 Å². The molecule has 0 saturated heterocycles. The van der Waals surface area contributed by atoms with Crippen molar-refractivity contribution in [1.29, 1.82) is 0 Å². The van der Waals surface area contributed by atoms with Crippen LogP contribution in [0.4, 0.5) is 5.95 Å². The number of nitrogens with zero attached hydrogens (tertiary/aromatic N) is 3. The summed E-state index contributed by atoms with van der Waals surface area (Å²) in [5.41, 5.74) is 2.08. The molecule has 2 heterocycles. The lowest BCUT2D eigenvalue weighted by Gasteiger charge is -2.28. The molecule has 1 aliphatic rings. The fraction of sp³-hybridized carbons (Fsp3) is 0.560. The third-order valence-electron chi connectivity index (χ3n) is 5.26. The van der Waals surface area contributed by atoms with Crippen molar-refractivity contribution in [1.82, 2.24) is 14.8 Å². The van der Waals surface area contributed by atoms with Crippen molar-refractivity contribution in [3.63, 3.8) is 0 Å². The van der Waals surface area contributed by atoms with Gasteiger partial charge in [0.2, 0.25) is 11.1 Å². The van der Waals surface area contributed by atoms with E-state index in [1.807, 2.05) is 39.0 Å². The summed E-state index contributed by atoms with van der Waals surface area (Å²) in [6, 6.07) is 5.29. The number of hydrogen-bond donors (Lipinski definition) is 1. The Morgan fingerprint density at radius 2 is 1.88 bits per heavy atom. The van der Waals surface area contributed by atoms with Crippen LogP contribution >= 0.6 is 11.8 Å². The maximum Gasteiger partial charge on any atom is 0.338 e. The topological polar surface area (TPSA) is 87.5 Å². The van der Waals surface area contributed by atoms with Crippen LogP contribution in [-0.2, 0) is 9.53 Å². The van der Waals surface area contributed by atoms with Gasteiger partial charge in [-0.25, -0.2) is 9.48 Å². The van der Waals surface area contributed by atoms with Gasteiger partial charge in [-0.3, -0.25) is 0 Å². The molecule has 0 aliphatic carbocycles. The van der Waals surface area contributed by atoms with Crippen LogP contribution in [0.5, 0.6) is 11.5 Å². The molecule has 0 saturated carbocycles. The van der Waals surface area contributed by atoms with E-state index in [0.29, 0.717) is 53.7 Å². The highest BCUT2D eigenvalue weighted by atomic mass is 32.2. The van der Waals surface area contributed by atoms with Crippen molar-refractivity contribution in [3.05, 3.63) is 35.0 Å². The van der Waals surface area contributed by atoms with Gasteiger partial charge in [-0.05, 0) is 50.8 Å². The molecule has 8 nitrogen and oxygen atoms in total. The Hall–Kier alpha value is -2.68.